The van der Waals surface area contributed by atoms with Crippen molar-refractivity contribution in [1.29, 1.82) is 0 Å². The van der Waals surface area contributed by atoms with Gasteiger partial charge in [0.25, 0.3) is 0 Å². The van der Waals surface area contributed by atoms with Crippen molar-refractivity contribution in [2.24, 2.45) is 0 Å². The lowest BCUT2D eigenvalue weighted by Gasteiger charge is -2.11. The van der Waals surface area contributed by atoms with Crippen LogP contribution >= 0.6 is 27.3 Å². The van der Waals surface area contributed by atoms with Gasteiger partial charge in [-0.3, -0.25) is 0 Å². The van der Waals surface area contributed by atoms with E-state index in [1.165, 1.54) is 21.2 Å². The van der Waals surface area contributed by atoms with E-state index in [1.54, 1.807) is 11.3 Å². The van der Waals surface area contributed by atoms with Crippen LogP contribution in [-0.2, 0) is 6.42 Å². The van der Waals surface area contributed by atoms with Gasteiger partial charge in [0, 0.05) is 20.6 Å². The Morgan fingerprint density at radius 2 is 1.90 bits per heavy atom. The van der Waals surface area contributed by atoms with Crippen molar-refractivity contribution < 1.29 is 5.11 Å². The van der Waals surface area contributed by atoms with Crippen molar-refractivity contribution in [2.45, 2.75) is 19.4 Å². The van der Waals surface area contributed by atoms with Gasteiger partial charge in [-0.2, -0.15) is 0 Å². The minimum atomic E-state index is -0.448. The number of aliphatic hydroxyl groups is 1. The van der Waals surface area contributed by atoms with Gasteiger partial charge in [-0.1, -0.05) is 42.5 Å². The molecule has 0 amide bonds. The zero-order valence-corrected chi connectivity index (χ0v) is 13.5. The number of fused-ring (bicyclic) bond motifs is 1. The average molecular weight is 347 g/mol. The van der Waals surface area contributed by atoms with Crippen LogP contribution in [0.25, 0.3) is 10.8 Å². The minimum absolute atomic E-state index is 0.448. The first-order valence-electron chi connectivity index (χ1n) is 6.55. The summed E-state index contributed by atoms with van der Waals surface area (Å²) in [4.78, 5) is 2.22. The molecule has 0 bridgehead atoms. The number of halogens is 1. The lowest BCUT2D eigenvalue weighted by Crippen LogP contribution is -2.00. The number of aryl methyl sites for hydroxylation is 1. The van der Waals surface area contributed by atoms with Crippen LogP contribution in [0.1, 0.15) is 21.4 Å². The third-order valence-corrected chi connectivity index (χ3v) is 5.74. The van der Waals surface area contributed by atoms with E-state index in [0.29, 0.717) is 6.42 Å². The topological polar surface area (TPSA) is 20.2 Å². The molecule has 3 rings (SSSR count). The van der Waals surface area contributed by atoms with E-state index in [-0.39, 0.29) is 0 Å². The lowest BCUT2D eigenvalue weighted by atomic mass is 9.99. The van der Waals surface area contributed by atoms with Gasteiger partial charge in [-0.05, 0) is 45.3 Å². The van der Waals surface area contributed by atoms with Crippen LogP contribution in [-0.4, -0.2) is 5.11 Å². The van der Waals surface area contributed by atoms with E-state index in [0.717, 1.165) is 9.35 Å². The molecule has 2 aromatic carbocycles. The standard InChI is InChI=1S/C17H15BrOS/c1-11-15(18)10-17(20-11)16(19)9-13-7-4-6-12-5-2-3-8-14(12)13/h2-8,10,16,19H,9H2,1H3. The normalized spacial score (nSPS) is 12.8. The Morgan fingerprint density at radius 1 is 1.15 bits per heavy atom. The number of hydrogen-bond donors (Lipinski definition) is 1. The number of hydrogen-bond acceptors (Lipinski definition) is 2. The highest BCUT2D eigenvalue weighted by molar-refractivity contribution is 9.10. The summed E-state index contributed by atoms with van der Waals surface area (Å²) in [5.74, 6) is 0. The maximum absolute atomic E-state index is 10.5. The van der Waals surface area contributed by atoms with Crippen molar-refractivity contribution >= 4 is 38.0 Å². The van der Waals surface area contributed by atoms with Crippen molar-refractivity contribution in [3.8, 4) is 0 Å². The summed E-state index contributed by atoms with van der Waals surface area (Å²) in [6.07, 6.45) is 0.198. The van der Waals surface area contributed by atoms with Gasteiger partial charge in [0.15, 0.2) is 0 Å². The minimum Gasteiger partial charge on any atom is -0.387 e. The van der Waals surface area contributed by atoms with E-state index < -0.39 is 6.10 Å². The summed E-state index contributed by atoms with van der Waals surface area (Å²) in [5, 5.41) is 12.9. The van der Waals surface area contributed by atoms with Gasteiger partial charge in [-0.15, -0.1) is 11.3 Å². The molecule has 0 spiro atoms. The molecule has 102 valence electrons. The second-order valence-electron chi connectivity index (χ2n) is 4.91. The van der Waals surface area contributed by atoms with E-state index in [1.807, 2.05) is 18.2 Å². The van der Waals surface area contributed by atoms with Crippen LogP contribution in [0.5, 0.6) is 0 Å². The molecule has 1 atom stereocenters. The number of thiophene rings is 1. The molecule has 3 heteroatoms. The first-order chi connectivity index (χ1) is 9.65. The molecule has 0 aliphatic heterocycles. The molecular formula is C17H15BrOS. The Hall–Kier alpha value is -1.16. The van der Waals surface area contributed by atoms with Gasteiger partial charge in [-0.25, -0.2) is 0 Å². The molecule has 1 N–H and O–H groups in total. The van der Waals surface area contributed by atoms with Gasteiger partial charge in [0.1, 0.15) is 0 Å². The molecular weight excluding hydrogens is 332 g/mol. The summed E-state index contributed by atoms with van der Waals surface area (Å²) in [5.41, 5.74) is 1.19. The Balaban J connectivity index is 1.93. The summed E-state index contributed by atoms with van der Waals surface area (Å²) < 4.78 is 1.08. The molecule has 1 unspecified atom stereocenters. The molecule has 20 heavy (non-hydrogen) atoms. The van der Waals surface area contributed by atoms with Crippen molar-refractivity contribution in [1.82, 2.24) is 0 Å². The fourth-order valence-corrected chi connectivity index (χ4v) is 3.97. The van der Waals surface area contributed by atoms with Crippen LogP contribution < -0.4 is 0 Å². The molecule has 0 saturated heterocycles. The van der Waals surface area contributed by atoms with E-state index in [9.17, 15) is 5.11 Å². The van der Waals surface area contributed by atoms with Gasteiger partial charge < -0.3 is 5.11 Å². The molecule has 0 fully saturated rings. The summed E-state index contributed by atoms with van der Waals surface area (Å²) in [6, 6.07) is 16.6. The number of rotatable bonds is 3. The Morgan fingerprint density at radius 3 is 2.65 bits per heavy atom. The van der Waals surface area contributed by atoms with Crippen LogP contribution in [0.3, 0.4) is 0 Å². The molecule has 0 aliphatic carbocycles. The van der Waals surface area contributed by atoms with Crippen LogP contribution in [0, 0.1) is 6.92 Å². The molecule has 0 aliphatic rings. The van der Waals surface area contributed by atoms with E-state index in [2.05, 4.69) is 53.2 Å². The highest BCUT2D eigenvalue weighted by Gasteiger charge is 2.14. The SMILES string of the molecule is Cc1sc(C(O)Cc2cccc3ccccc23)cc1Br. The van der Waals surface area contributed by atoms with Crippen molar-refractivity contribution in [3.63, 3.8) is 0 Å². The highest BCUT2D eigenvalue weighted by atomic mass is 79.9. The van der Waals surface area contributed by atoms with Gasteiger partial charge >= 0.3 is 0 Å². The largest absolute Gasteiger partial charge is 0.387 e. The Bertz CT molecular complexity index is 723. The number of benzene rings is 2. The average Bonchev–Trinajstić information content (AvgIpc) is 2.79. The van der Waals surface area contributed by atoms with Crippen LogP contribution in [0.15, 0.2) is 53.0 Å². The summed E-state index contributed by atoms with van der Waals surface area (Å²) >= 11 is 5.16. The maximum Gasteiger partial charge on any atom is 0.0922 e. The van der Waals surface area contributed by atoms with Gasteiger partial charge in [0.2, 0.25) is 0 Å². The fraction of sp³-hybridized carbons (Fsp3) is 0.176. The lowest BCUT2D eigenvalue weighted by molar-refractivity contribution is 0.182. The smallest absolute Gasteiger partial charge is 0.0922 e. The fourth-order valence-electron chi connectivity index (χ4n) is 2.43. The predicted molar refractivity (Wildman–Crippen MR) is 89.4 cm³/mol. The summed E-state index contributed by atoms with van der Waals surface area (Å²) in [7, 11) is 0. The zero-order valence-electron chi connectivity index (χ0n) is 11.1. The highest BCUT2D eigenvalue weighted by Crippen LogP contribution is 2.33. The van der Waals surface area contributed by atoms with E-state index in [4.69, 9.17) is 0 Å². The molecule has 1 aromatic heterocycles. The Kier molecular flexibility index (Phi) is 3.92. The maximum atomic E-state index is 10.5. The predicted octanol–water partition coefficient (Wildman–Crippen LogP) is 5.25. The second kappa shape index (κ2) is 5.68. The Labute approximate surface area is 131 Å². The van der Waals surface area contributed by atoms with Crippen molar-refractivity contribution in [2.75, 3.05) is 0 Å². The second-order valence-corrected chi connectivity index (χ2v) is 7.05. The first kappa shape index (κ1) is 13.8. The molecule has 1 nitrogen and oxygen atoms in total. The monoisotopic (exact) mass is 346 g/mol. The quantitative estimate of drug-likeness (QED) is 0.686. The number of aliphatic hydroxyl groups excluding tert-OH is 1. The first-order valence-corrected chi connectivity index (χ1v) is 8.16. The zero-order chi connectivity index (χ0) is 14.1. The molecule has 0 saturated carbocycles. The third-order valence-electron chi connectivity index (χ3n) is 3.50. The molecule has 3 aromatic rings. The third kappa shape index (κ3) is 2.66. The van der Waals surface area contributed by atoms with Crippen LogP contribution in [0.4, 0.5) is 0 Å². The molecule has 0 radical (unpaired) electrons. The summed E-state index contributed by atoms with van der Waals surface area (Å²) in [6.45, 7) is 2.06. The molecule has 1 heterocycles. The van der Waals surface area contributed by atoms with Crippen molar-refractivity contribution in [3.05, 3.63) is 68.3 Å². The van der Waals surface area contributed by atoms with Gasteiger partial charge in [0.05, 0.1) is 6.10 Å². The van der Waals surface area contributed by atoms with Crippen LogP contribution in [0.2, 0.25) is 0 Å². The van der Waals surface area contributed by atoms with E-state index >= 15 is 0 Å².